The zero-order valence-electron chi connectivity index (χ0n) is 7.57. The molecule has 0 aromatic carbocycles. The molecule has 0 N–H and O–H groups in total. The number of hydrogen-bond acceptors (Lipinski definition) is 0. The normalized spacial score (nSPS) is 38.3. The van der Waals surface area contributed by atoms with Gasteiger partial charge in [-0.05, 0) is 23.3 Å². The number of allylic oxidation sites excluding steroid dienone is 2. The van der Waals surface area contributed by atoms with Gasteiger partial charge >= 0.3 is 0 Å². The first-order valence-corrected chi connectivity index (χ1v) is 5.13. The predicted octanol–water partition coefficient (Wildman–Crippen LogP) is 1.91. The fourth-order valence-corrected chi connectivity index (χ4v) is 1.86. The van der Waals surface area contributed by atoms with E-state index in [1.54, 1.807) is 0 Å². The maximum absolute atomic E-state index is 2.42. The fourth-order valence-electron chi connectivity index (χ4n) is 1.37. The Morgan fingerprint density at radius 3 is 2.20 bits per heavy atom. The van der Waals surface area contributed by atoms with E-state index in [1.165, 1.54) is 23.1 Å². The van der Waals surface area contributed by atoms with Crippen molar-refractivity contribution in [2.45, 2.75) is 38.7 Å². The molecule has 1 aliphatic carbocycles. The van der Waals surface area contributed by atoms with Crippen molar-refractivity contribution in [3.05, 3.63) is 12.2 Å². The van der Waals surface area contributed by atoms with Crippen LogP contribution in [-0.4, -0.2) is 10.2 Å². The SMILES string of the molecule is CC1([SiH3])C=CCCC1(C)C. The van der Waals surface area contributed by atoms with Gasteiger partial charge in [-0.15, -0.1) is 0 Å². The second-order valence-electron chi connectivity index (χ2n) is 4.55. The highest BCUT2D eigenvalue weighted by Crippen LogP contribution is 2.49. The van der Waals surface area contributed by atoms with Crippen LogP contribution in [0.4, 0.5) is 0 Å². The molecule has 0 amide bonds. The lowest BCUT2D eigenvalue weighted by Crippen LogP contribution is -2.29. The minimum Gasteiger partial charge on any atom is -0.0883 e. The van der Waals surface area contributed by atoms with Crippen LogP contribution < -0.4 is 0 Å². The van der Waals surface area contributed by atoms with E-state index in [2.05, 4.69) is 32.9 Å². The van der Waals surface area contributed by atoms with E-state index in [4.69, 9.17) is 0 Å². The Morgan fingerprint density at radius 1 is 1.30 bits per heavy atom. The van der Waals surface area contributed by atoms with Crippen LogP contribution in [0.1, 0.15) is 33.6 Å². The zero-order valence-corrected chi connectivity index (χ0v) is 9.57. The van der Waals surface area contributed by atoms with Gasteiger partial charge in [0.25, 0.3) is 0 Å². The summed E-state index contributed by atoms with van der Waals surface area (Å²) in [6.07, 6.45) is 7.41. The van der Waals surface area contributed by atoms with E-state index in [1.807, 2.05) is 0 Å². The highest BCUT2D eigenvalue weighted by molar-refractivity contribution is 6.17. The lowest BCUT2D eigenvalue weighted by Gasteiger charge is -2.42. The Hall–Kier alpha value is -0.0431. The minimum atomic E-state index is 0.533. The van der Waals surface area contributed by atoms with Gasteiger partial charge in [0.2, 0.25) is 0 Å². The Balaban J connectivity index is 2.87. The maximum atomic E-state index is 2.42. The molecule has 10 heavy (non-hydrogen) atoms. The van der Waals surface area contributed by atoms with Crippen LogP contribution >= 0.6 is 0 Å². The van der Waals surface area contributed by atoms with Crippen LogP contribution in [0, 0.1) is 5.41 Å². The third kappa shape index (κ3) is 1.19. The molecular formula is C9H18Si. The monoisotopic (exact) mass is 154 g/mol. The van der Waals surface area contributed by atoms with Crippen molar-refractivity contribution >= 4 is 10.2 Å². The molecule has 0 saturated carbocycles. The molecule has 0 bridgehead atoms. The van der Waals surface area contributed by atoms with Crippen molar-refractivity contribution in [3.8, 4) is 0 Å². The minimum absolute atomic E-state index is 0.533. The summed E-state index contributed by atoms with van der Waals surface area (Å²) < 4.78 is 0. The van der Waals surface area contributed by atoms with Gasteiger partial charge in [-0.3, -0.25) is 0 Å². The van der Waals surface area contributed by atoms with Gasteiger partial charge < -0.3 is 0 Å². The van der Waals surface area contributed by atoms with E-state index in [0.717, 1.165) is 0 Å². The first-order valence-electron chi connectivity index (χ1n) is 4.13. The smallest absolute Gasteiger partial charge is 0.0157 e. The van der Waals surface area contributed by atoms with Gasteiger partial charge in [0.05, 0.1) is 0 Å². The molecule has 0 spiro atoms. The average molecular weight is 154 g/mol. The first-order chi connectivity index (χ1) is 4.46. The molecule has 0 radical (unpaired) electrons. The van der Waals surface area contributed by atoms with Crippen molar-refractivity contribution < 1.29 is 0 Å². The molecule has 0 aromatic heterocycles. The zero-order chi connectivity index (χ0) is 7.83. The molecule has 0 heterocycles. The molecule has 0 aliphatic heterocycles. The molecule has 1 aliphatic rings. The largest absolute Gasteiger partial charge is 0.0883 e. The summed E-state index contributed by atoms with van der Waals surface area (Å²) in [5.74, 6) is 0. The van der Waals surface area contributed by atoms with E-state index in [-0.39, 0.29) is 0 Å². The second-order valence-corrected chi connectivity index (χ2v) is 6.62. The molecule has 1 atom stereocenters. The molecular weight excluding hydrogens is 136 g/mol. The van der Waals surface area contributed by atoms with E-state index < -0.39 is 0 Å². The molecule has 1 rings (SSSR count). The van der Waals surface area contributed by atoms with E-state index in [9.17, 15) is 0 Å². The Bertz CT molecular complexity index is 154. The van der Waals surface area contributed by atoms with Crippen LogP contribution in [0.5, 0.6) is 0 Å². The standard InChI is InChI=1S/C9H18Si/c1-8(2)6-4-5-7-9(8,3)10/h5,7H,4,6H2,1-3,10H3. The third-order valence-electron chi connectivity index (χ3n) is 3.21. The van der Waals surface area contributed by atoms with Gasteiger partial charge in [0, 0.05) is 10.2 Å². The summed E-state index contributed by atoms with van der Waals surface area (Å²) in [5.41, 5.74) is 0.550. The van der Waals surface area contributed by atoms with Crippen molar-refractivity contribution in [2.75, 3.05) is 0 Å². The van der Waals surface area contributed by atoms with Crippen LogP contribution in [0.2, 0.25) is 5.04 Å². The fraction of sp³-hybridized carbons (Fsp3) is 0.778. The maximum Gasteiger partial charge on any atom is 0.0157 e. The van der Waals surface area contributed by atoms with Crippen LogP contribution in [0.25, 0.3) is 0 Å². The van der Waals surface area contributed by atoms with E-state index in [0.29, 0.717) is 10.5 Å². The highest BCUT2D eigenvalue weighted by Gasteiger charge is 2.35. The van der Waals surface area contributed by atoms with Gasteiger partial charge in [0.1, 0.15) is 0 Å². The van der Waals surface area contributed by atoms with Crippen LogP contribution in [0.15, 0.2) is 12.2 Å². The molecule has 0 saturated heterocycles. The molecule has 0 fully saturated rings. The highest BCUT2D eigenvalue weighted by atomic mass is 28.1. The molecule has 58 valence electrons. The Morgan fingerprint density at radius 2 is 1.90 bits per heavy atom. The summed E-state index contributed by atoms with van der Waals surface area (Å²) in [7, 11) is 1.28. The summed E-state index contributed by atoms with van der Waals surface area (Å²) in [5, 5.41) is 0.533. The molecule has 0 aromatic rings. The predicted molar refractivity (Wildman–Crippen MR) is 50.5 cm³/mol. The molecule has 1 heteroatoms. The molecule has 1 unspecified atom stereocenters. The lowest BCUT2D eigenvalue weighted by molar-refractivity contribution is 0.260. The Labute approximate surface area is 67.1 Å². The van der Waals surface area contributed by atoms with Crippen molar-refractivity contribution in [3.63, 3.8) is 0 Å². The number of hydrogen-bond donors (Lipinski definition) is 0. The van der Waals surface area contributed by atoms with Crippen molar-refractivity contribution in [2.24, 2.45) is 5.41 Å². The third-order valence-corrected chi connectivity index (χ3v) is 4.90. The van der Waals surface area contributed by atoms with Gasteiger partial charge in [-0.1, -0.05) is 32.9 Å². The average Bonchev–Trinajstić information content (AvgIpc) is 1.77. The van der Waals surface area contributed by atoms with Crippen LogP contribution in [0.3, 0.4) is 0 Å². The van der Waals surface area contributed by atoms with Gasteiger partial charge in [-0.2, -0.15) is 0 Å². The summed E-state index contributed by atoms with van der Waals surface area (Å²) in [6, 6.07) is 0. The number of rotatable bonds is 0. The van der Waals surface area contributed by atoms with E-state index >= 15 is 0 Å². The summed E-state index contributed by atoms with van der Waals surface area (Å²) in [4.78, 5) is 0. The second kappa shape index (κ2) is 2.23. The Kier molecular flexibility index (Phi) is 1.79. The first kappa shape index (κ1) is 8.06. The lowest BCUT2D eigenvalue weighted by atomic mass is 9.72. The van der Waals surface area contributed by atoms with Gasteiger partial charge in [-0.25, -0.2) is 0 Å². The van der Waals surface area contributed by atoms with Crippen molar-refractivity contribution in [1.29, 1.82) is 0 Å². The quantitative estimate of drug-likeness (QED) is 0.369. The van der Waals surface area contributed by atoms with Crippen molar-refractivity contribution in [1.82, 2.24) is 0 Å². The van der Waals surface area contributed by atoms with Crippen LogP contribution in [-0.2, 0) is 0 Å². The summed E-state index contributed by atoms with van der Waals surface area (Å²) in [6.45, 7) is 7.17. The summed E-state index contributed by atoms with van der Waals surface area (Å²) >= 11 is 0. The topological polar surface area (TPSA) is 0 Å². The molecule has 0 nitrogen and oxygen atoms in total. The van der Waals surface area contributed by atoms with Gasteiger partial charge in [0.15, 0.2) is 0 Å².